The SMILES string of the molecule is O=C(O)COc1c(Cl)cc(/C=C2/C(=O)NC(=S)N(c3ccc(Cl)cc3)C2=O)cc1Cl. The van der Waals surface area contributed by atoms with Gasteiger partial charge < -0.3 is 9.84 Å². The molecule has 1 aliphatic rings. The molecule has 0 aliphatic carbocycles. The van der Waals surface area contributed by atoms with Crippen molar-refractivity contribution in [2.45, 2.75) is 0 Å². The van der Waals surface area contributed by atoms with Crippen molar-refractivity contribution in [3.63, 3.8) is 0 Å². The molecule has 0 spiro atoms. The van der Waals surface area contributed by atoms with Gasteiger partial charge in [-0.1, -0.05) is 34.8 Å². The van der Waals surface area contributed by atoms with Crippen LogP contribution in [0, 0.1) is 0 Å². The Balaban J connectivity index is 1.96. The Bertz CT molecular complexity index is 1080. The summed E-state index contributed by atoms with van der Waals surface area (Å²) in [5.74, 6) is -2.56. The lowest BCUT2D eigenvalue weighted by Crippen LogP contribution is -2.54. The molecule has 7 nitrogen and oxygen atoms in total. The van der Waals surface area contributed by atoms with E-state index in [2.05, 4.69) is 5.32 Å². The van der Waals surface area contributed by atoms with Crippen LogP contribution in [0.5, 0.6) is 5.75 Å². The van der Waals surface area contributed by atoms with Gasteiger partial charge in [0.1, 0.15) is 5.57 Å². The molecule has 0 atom stereocenters. The van der Waals surface area contributed by atoms with Crippen LogP contribution in [0.4, 0.5) is 5.69 Å². The zero-order valence-electron chi connectivity index (χ0n) is 14.8. The number of nitrogens with zero attached hydrogens (tertiary/aromatic N) is 1. The Morgan fingerprint density at radius 3 is 2.30 bits per heavy atom. The van der Waals surface area contributed by atoms with Crippen molar-refractivity contribution in [3.8, 4) is 5.75 Å². The summed E-state index contributed by atoms with van der Waals surface area (Å²) < 4.78 is 5.05. The third-order valence-electron chi connectivity index (χ3n) is 3.86. The van der Waals surface area contributed by atoms with Crippen molar-refractivity contribution in [2.24, 2.45) is 0 Å². The number of halogens is 3. The molecule has 11 heteroatoms. The molecule has 2 N–H and O–H groups in total. The predicted molar refractivity (Wildman–Crippen MR) is 117 cm³/mol. The van der Waals surface area contributed by atoms with Crippen LogP contribution in [0.15, 0.2) is 42.0 Å². The van der Waals surface area contributed by atoms with Gasteiger partial charge in [-0.25, -0.2) is 4.79 Å². The lowest BCUT2D eigenvalue weighted by atomic mass is 10.1. The minimum atomic E-state index is -1.20. The van der Waals surface area contributed by atoms with E-state index in [1.807, 2.05) is 0 Å². The number of carboxylic acids is 1. The summed E-state index contributed by atoms with van der Waals surface area (Å²) in [6.45, 7) is -0.631. The van der Waals surface area contributed by atoms with Gasteiger partial charge in [0, 0.05) is 5.02 Å². The average molecular weight is 486 g/mol. The Hall–Kier alpha value is -2.65. The topological polar surface area (TPSA) is 95.9 Å². The fraction of sp³-hybridized carbons (Fsp3) is 0.0526. The van der Waals surface area contributed by atoms with Crippen molar-refractivity contribution < 1.29 is 24.2 Å². The molecule has 0 aromatic heterocycles. The van der Waals surface area contributed by atoms with Gasteiger partial charge in [-0.05, 0) is 60.3 Å². The number of thiocarbonyl (C=S) groups is 1. The molecular formula is C19H11Cl3N2O5S. The fourth-order valence-electron chi connectivity index (χ4n) is 2.58. The van der Waals surface area contributed by atoms with Gasteiger partial charge in [-0.2, -0.15) is 0 Å². The van der Waals surface area contributed by atoms with Gasteiger partial charge in [0.25, 0.3) is 11.8 Å². The highest BCUT2D eigenvalue weighted by atomic mass is 35.5. The predicted octanol–water partition coefficient (Wildman–Crippen LogP) is 3.94. The second kappa shape index (κ2) is 9.01. The van der Waals surface area contributed by atoms with Crippen LogP contribution in [0.1, 0.15) is 5.56 Å². The number of aliphatic carboxylic acids is 1. The standard InChI is InChI=1S/C19H11Cl3N2O5S/c20-10-1-3-11(4-2-10)24-18(28)12(17(27)23-19(24)30)5-9-6-13(21)16(14(22)7-9)29-8-15(25)26/h1-7H,8H2,(H,25,26)(H,23,27,30)/b12-5-. The number of carbonyl (C=O) groups is 3. The van der Waals surface area contributed by atoms with Crippen LogP contribution in [-0.4, -0.2) is 34.6 Å². The van der Waals surface area contributed by atoms with Gasteiger partial charge in [-0.3, -0.25) is 19.8 Å². The molecule has 154 valence electrons. The monoisotopic (exact) mass is 484 g/mol. The van der Waals surface area contributed by atoms with E-state index in [9.17, 15) is 14.4 Å². The highest BCUT2D eigenvalue weighted by Crippen LogP contribution is 2.35. The minimum Gasteiger partial charge on any atom is -0.479 e. The summed E-state index contributed by atoms with van der Waals surface area (Å²) in [5, 5.41) is 11.6. The third-order valence-corrected chi connectivity index (χ3v) is 4.96. The second-order valence-electron chi connectivity index (χ2n) is 5.93. The zero-order chi connectivity index (χ0) is 22.0. The van der Waals surface area contributed by atoms with Gasteiger partial charge in [0.15, 0.2) is 17.5 Å². The number of benzene rings is 2. The van der Waals surface area contributed by atoms with E-state index in [-0.39, 0.29) is 26.5 Å². The van der Waals surface area contributed by atoms with E-state index in [0.717, 1.165) is 4.90 Å². The van der Waals surface area contributed by atoms with E-state index in [4.69, 9.17) is 56.9 Å². The van der Waals surface area contributed by atoms with Crippen LogP contribution in [0.25, 0.3) is 6.08 Å². The smallest absolute Gasteiger partial charge is 0.341 e. The van der Waals surface area contributed by atoms with Crippen LogP contribution in [0.3, 0.4) is 0 Å². The molecule has 0 bridgehead atoms. The first-order chi connectivity index (χ1) is 14.2. The number of nitrogens with one attached hydrogen (secondary N) is 1. The number of ether oxygens (including phenoxy) is 1. The number of carboxylic acid groups (broad SMARTS) is 1. The third kappa shape index (κ3) is 4.73. The number of amides is 2. The Morgan fingerprint density at radius 2 is 1.73 bits per heavy atom. The molecular weight excluding hydrogens is 475 g/mol. The van der Waals surface area contributed by atoms with Gasteiger partial charge in [-0.15, -0.1) is 0 Å². The molecule has 30 heavy (non-hydrogen) atoms. The number of hydrogen-bond acceptors (Lipinski definition) is 5. The van der Waals surface area contributed by atoms with Crippen LogP contribution in [-0.2, 0) is 14.4 Å². The van der Waals surface area contributed by atoms with Gasteiger partial charge >= 0.3 is 5.97 Å². The van der Waals surface area contributed by atoms with E-state index in [0.29, 0.717) is 16.3 Å². The average Bonchev–Trinajstić information content (AvgIpc) is 2.65. The molecule has 0 radical (unpaired) electrons. The maximum atomic E-state index is 13.0. The summed E-state index contributed by atoms with van der Waals surface area (Å²) in [6.07, 6.45) is 1.29. The fourth-order valence-corrected chi connectivity index (χ4v) is 3.60. The zero-order valence-corrected chi connectivity index (χ0v) is 17.9. The molecule has 2 aromatic rings. The van der Waals surface area contributed by atoms with E-state index >= 15 is 0 Å². The quantitative estimate of drug-likeness (QED) is 0.378. The summed E-state index contributed by atoms with van der Waals surface area (Å²) in [5.41, 5.74) is 0.550. The Morgan fingerprint density at radius 1 is 1.13 bits per heavy atom. The van der Waals surface area contributed by atoms with Crippen LogP contribution >= 0.6 is 47.0 Å². The molecule has 1 fully saturated rings. The number of carbonyl (C=O) groups excluding carboxylic acids is 2. The van der Waals surface area contributed by atoms with Crippen LogP contribution in [0.2, 0.25) is 15.1 Å². The lowest BCUT2D eigenvalue weighted by Gasteiger charge is -2.29. The molecule has 0 saturated carbocycles. The number of anilines is 1. The Kier molecular flexibility index (Phi) is 6.62. The number of hydrogen-bond donors (Lipinski definition) is 2. The summed E-state index contributed by atoms with van der Waals surface area (Å²) in [6, 6.07) is 9.12. The Labute approximate surface area is 190 Å². The highest BCUT2D eigenvalue weighted by molar-refractivity contribution is 7.80. The molecule has 0 unspecified atom stereocenters. The second-order valence-corrected chi connectivity index (χ2v) is 7.57. The van der Waals surface area contributed by atoms with Crippen molar-refractivity contribution in [1.29, 1.82) is 0 Å². The highest BCUT2D eigenvalue weighted by Gasteiger charge is 2.34. The molecule has 2 aromatic carbocycles. The summed E-state index contributed by atoms with van der Waals surface area (Å²) in [4.78, 5) is 37.2. The van der Waals surface area contributed by atoms with E-state index in [1.54, 1.807) is 24.3 Å². The summed E-state index contributed by atoms with van der Waals surface area (Å²) in [7, 11) is 0. The minimum absolute atomic E-state index is 0.0179. The van der Waals surface area contributed by atoms with Crippen molar-refractivity contribution >= 4 is 81.7 Å². The number of rotatable bonds is 5. The molecule has 1 heterocycles. The van der Waals surface area contributed by atoms with Crippen molar-refractivity contribution in [3.05, 3.63) is 62.6 Å². The molecule has 2 amide bonds. The normalized spacial score (nSPS) is 15.4. The van der Waals surface area contributed by atoms with Gasteiger partial charge in [0.05, 0.1) is 15.7 Å². The maximum absolute atomic E-state index is 13.0. The van der Waals surface area contributed by atoms with Gasteiger partial charge in [0.2, 0.25) is 0 Å². The summed E-state index contributed by atoms with van der Waals surface area (Å²) >= 11 is 23.2. The lowest BCUT2D eigenvalue weighted by molar-refractivity contribution is -0.139. The first kappa shape index (κ1) is 22.0. The van der Waals surface area contributed by atoms with Crippen LogP contribution < -0.4 is 15.0 Å². The first-order valence-corrected chi connectivity index (χ1v) is 9.72. The van der Waals surface area contributed by atoms with Crippen molar-refractivity contribution in [2.75, 3.05) is 11.5 Å². The maximum Gasteiger partial charge on any atom is 0.341 e. The largest absolute Gasteiger partial charge is 0.479 e. The first-order valence-electron chi connectivity index (χ1n) is 8.18. The van der Waals surface area contributed by atoms with Crippen molar-refractivity contribution in [1.82, 2.24) is 5.32 Å². The molecule has 3 rings (SSSR count). The molecule has 1 saturated heterocycles. The molecule has 1 aliphatic heterocycles. The van der Waals surface area contributed by atoms with E-state index in [1.165, 1.54) is 18.2 Å². The van der Waals surface area contributed by atoms with E-state index < -0.39 is 24.4 Å².